The summed E-state index contributed by atoms with van der Waals surface area (Å²) in [5, 5.41) is 2.69. The van der Waals surface area contributed by atoms with Gasteiger partial charge in [0.25, 0.3) is 0 Å². The van der Waals surface area contributed by atoms with Crippen LogP contribution in [0.5, 0.6) is 0 Å². The molecular weight excluding hydrogens is 209 g/mol. The molecule has 1 rings (SSSR count). The average molecular weight is 220 g/mol. The fourth-order valence-corrected chi connectivity index (χ4v) is 1.06. The quantitative estimate of drug-likeness (QED) is 0.820. The molecule has 0 aromatic carbocycles. The molecule has 0 fully saturated rings. The van der Waals surface area contributed by atoms with Gasteiger partial charge in [-0.05, 0) is 12.5 Å². The molecule has 84 valence electrons. The van der Waals surface area contributed by atoms with Crippen LogP contribution in [0.3, 0.4) is 0 Å². The highest BCUT2D eigenvalue weighted by Gasteiger charge is 2.31. The van der Waals surface area contributed by atoms with E-state index in [4.69, 9.17) is 0 Å². The van der Waals surface area contributed by atoms with E-state index in [0.717, 1.165) is 12.5 Å². The van der Waals surface area contributed by atoms with E-state index in [1.54, 1.807) is 0 Å². The molecule has 3 nitrogen and oxygen atoms in total. The Hall–Kier alpha value is -1.46. The standard InChI is InChI=1S/C9H11F3N2O/c1-2-3-13-7-4-6(9(10,11)12)5-8(15)14-7/h4-5H,2-3H2,1H3,(H2,13,14,15). The zero-order chi connectivity index (χ0) is 11.5. The van der Waals surface area contributed by atoms with Crippen LogP contribution < -0.4 is 10.9 Å². The van der Waals surface area contributed by atoms with Gasteiger partial charge < -0.3 is 10.3 Å². The van der Waals surface area contributed by atoms with Crippen LogP contribution in [0, 0.1) is 0 Å². The van der Waals surface area contributed by atoms with Crippen molar-refractivity contribution in [2.24, 2.45) is 0 Å². The van der Waals surface area contributed by atoms with Crippen molar-refractivity contribution in [2.75, 3.05) is 11.9 Å². The van der Waals surface area contributed by atoms with Crippen LogP contribution in [0.15, 0.2) is 16.9 Å². The second-order valence-corrected chi connectivity index (χ2v) is 3.07. The van der Waals surface area contributed by atoms with Crippen molar-refractivity contribution in [3.8, 4) is 0 Å². The van der Waals surface area contributed by atoms with Gasteiger partial charge in [0.05, 0.1) is 5.56 Å². The van der Waals surface area contributed by atoms with Gasteiger partial charge in [0.15, 0.2) is 0 Å². The number of aromatic nitrogens is 1. The SMILES string of the molecule is CCCNc1cc(C(F)(F)F)cc(=O)[nH]1. The number of nitrogens with one attached hydrogen (secondary N) is 2. The second-order valence-electron chi connectivity index (χ2n) is 3.07. The maximum atomic E-state index is 12.3. The van der Waals surface area contributed by atoms with E-state index >= 15 is 0 Å². The predicted octanol–water partition coefficient (Wildman–Crippen LogP) is 2.22. The van der Waals surface area contributed by atoms with Crippen molar-refractivity contribution in [3.05, 3.63) is 28.0 Å². The maximum absolute atomic E-state index is 12.3. The minimum atomic E-state index is -4.49. The lowest BCUT2D eigenvalue weighted by Crippen LogP contribution is -2.16. The summed E-state index contributed by atoms with van der Waals surface area (Å²) in [6.07, 6.45) is -3.73. The van der Waals surface area contributed by atoms with Gasteiger partial charge in [-0.2, -0.15) is 13.2 Å². The van der Waals surface area contributed by atoms with Crippen LogP contribution in [0.4, 0.5) is 19.0 Å². The Kier molecular flexibility index (Phi) is 3.39. The van der Waals surface area contributed by atoms with Crippen LogP contribution in [0.2, 0.25) is 0 Å². The van der Waals surface area contributed by atoms with Crippen LogP contribution in [-0.2, 0) is 6.18 Å². The van der Waals surface area contributed by atoms with Crippen molar-refractivity contribution in [1.29, 1.82) is 0 Å². The molecule has 0 aliphatic rings. The van der Waals surface area contributed by atoms with Crippen molar-refractivity contribution >= 4 is 5.82 Å². The minimum absolute atomic E-state index is 0.0941. The highest BCUT2D eigenvalue weighted by atomic mass is 19.4. The molecule has 0 saturated heterocycles. The Morgan fingerprint density at radius 3 is 2.60 bits per heavy atom. The van der Waals surface area contributed by atoms with E-state index in [9.17, 15) is 18.0 Å². The first-order valence-electron chi connectivity index (χ1n) is 4.49. The van der Waals surface area contributed by atoms with Crippen LogP contribution >= 0.6 is 0 Å². The van der Waals surface area contributed by atoms with Crippen molar-refractivity contribution in [2.45, 2.75) is 19.5 Å². The highest BCUT2D eigenvalue weighted by molar-refractivity contribution is 5.38. The van der Waals surface area contributed by atoms with Gasteiger partial charge >= 0.3 is 6.18 Å². The monoisotopic (exact) mass is 220 g/mol. The van der Waals surface area contributed by atoms with Crippen LogP contribution in [0.25, 0.3) is 0 Å². The molecule has 15 heavy (non-hydrogen) atoms. The van der Waals surface area contributed by atoms with Crippen molar-refractivity contribution in [3.63, 3.8) is 0 Å². The Labute approximate surface area is 84.3 Å². The molecular formula is C9H11F3N2O. The third-order valence-corrected chi connectivity index (χ3v) is 1.74. The molecule has 1 aromatic rings. The molecule has 1 heterocycles. The fourth-order valence-electron chi connectivity index (χ4n) is 1.06. The molecule has 0 spiro atoms. The summed E-state index contributed by atoms with van der Waals surface area (Å²) >= 11 is 0. The Morgan fingerprint density at radius 1 is 1.40 bits per heavy atom. The molecule has 0 atom stereocenters. The first kappa shape index (κ1) is 11.6. The summed E-state index contributed by atoms with van der Waals surface area (Å²) in [4.78, 5) is 13.2. The zero-order valence-electron chi connectivity index (χ0n) is 8.11. The number of pyridine rings is 1. The van der Waals surface area contributed by atoms with Gasteiger partial charge in [-0.1, -0.05) is 6.92 Å². The summed E-state index contributed by atoms with van der Waals surface area (Å²) < 4.78 is 36.9. The molecule has 0 saturated carbocycles. The topological polar surface area (TPSA) is 44.9 Å². The highest BCUT2D eigenvalue weighted by Crippen LogP contribution is 2.28. The van der Waals surface area contributed by atoms with Crippen molar-refractivity contribution < 1.29 is 13.2 Å². The number of aromatic amines is 1. The van der Waals surface area contributed by atoms with Gasteiger partial charge in [-0.3, -0.25) is 4.79 Å². The summed E-state index contributed by atoms with van der Waals surface area (Å²) in [7, 11) is 0. The Bertz CT molecular complexity index is 384. The molecule has 0 unspecified atom stereocenters. The number of alkyl halides is 3. The van der Waals surface area contributed by atoms with Crippen LogP contribution in [0.1, 0.15) is 18.9 Å². The van der Waals surface area contributed by atoms with Gasteiger partial charge in [0, 0.05) is 12.6 Å². The molecule has 0 radical (unpaired) electrons. The van der Waals surface area contributed by atoms with Gasteiger partial charge in [-0.15, -0.1) is 0 Å². The molecule has 0 amide bonds. The summed E-state index contributed by atoms with van der Waals surface area (Å²) in [5.41, 5.74) is -1.70. The van der Waals surface area contributed by atoms with E-state index in [-0.39, 0.29) is 5.82 Å². The Balaban J connectivity index is 3.01. The number of halogens is 3. The van der Waals surface area contributed by atoms with E-state index in [1.807, 2.05) is 6.92 Å². The molecule has 1 aromatic heterocycles. The lowest BCUT2D eigenvalue weighted by molar-refractivity contribution is -0.137. The molecule has 0 aliphatic carbocycles. The van der Waals surface area contributed by atoms with E-state index < -0.39 is 17.3 Å². The number of rotatable bonds is 3. The third kappa shape index (κ3) is 3.30. The van der Waals surface area contributed by atoms with Gasteiger partial charge in [-0.25, -0.2) is 0 Å². The summed E-state index contributed by atoms with van der Waals surface area (Å²) in [6.45, 7) is 2.38. The molecule has 2 N–H and O–H groups in total. The molecule has 0 bridgehead atoms. The second kappa shape index (κ2) is 4.37. The normalized spacial score (nSPS) is 11.5. The zero-order valence-corrected chi connectivity index (χ0v) is 8.11. The fraction of sp³-hybridized carbons (Fsp3) is 0.444. The summed E-state index contributed by atoms with van der Waals surface area (Å²) in [6, 6.07) is 1.42. The van der Waals surface area contributed by atoms with Gasteiger partial charge in [0.2, 0.25) is 5.56 Å². The predicted molar refractivity (Wildman–Crippen MR) is 50.8 cm³/mol. The number of hydrogen-bond acceptors (Lipinski definition) is 2. The minimum Gasteiger partial charge on any atom is -0.372 e. The lowest BCUT2D eigenvalue weighted by atomic mass is 10.2. The smallest absolute Gasteiger partial charge is 0.372 e. The number of H-pyrrole nitrogens is 1. The molecule has 0 aliphatic heterocycles. The van der Waals surface area contributed by atoms with Crippen LogP contribution in [-0.4, -0.2) is 11.5 Å². The number of hydrogen-bond donors (Lipinski definition) is 2. The maximum Gasteiger partial charge on any atom is 0.416 e. The Morgan fingerprint density at radius 2 is 2.07 bits per heavy atom. The van der Waals surface area contributed by atoms with E-state index in [2.05, 4.69) is 10.3 Å². The summed E-state index contributed by atoms with van der Waals surface area (Å²) in [5.74, 6) is 0.0941. The number of anilines is 1. The average Bonchev–Trinajstić information content (AvgIpc) is 2.12. The third-order valence-electron chi connectivity index (χ3n) is 1.74. The first-order valence-corrected chi connectivity index (χ1v) is 4.49. The van der Waals surface area contributed by atoms with E-state index in [0.29, 0.717) is 12.6 Å². The lowest BCUT2D eigenvalue weighted by Gasteiger charge is -2.09. The van der Waals surface area contributed by atoms with E-state index in [1.165, 1.54) is 0 Å². The largest absolute Gasteiger partial charge is 0.416 e. The molecule has 6 heteroatoms. The first-order chi connectivity index (χ1) is 6.93. The van der Waals surface area contributed by atoms with Crippen molar-refractivity contribution in [1.82, 2.24) is 4.98 Å². The van der Waals surface area contributed by atoms with Gasteiger partial charge in [0.1, 0.15) is 5.82 Å².